The van der Waals surface area contributed by atoms with Crippen molar-refractivity contribution in [3.05, 3.63) is 35.9 Å². The summed E-state index contributed by atoms with van der Waals surface area (Å²) in [5.74, 6) is -2.82. The minimum Gasteiger partial charge on any atom is -0.343 e. The second-order valence-electron chi connectivity index (χ2n) is 2.98. The van der Waals surface area contributed by atoms with Crippen molar-refractivity contribution in [3.63, 3.8) is 0 Å². The van der Waals surface area contributed by atoms with Crippen LogP contribution in [0.2, 0.25) is 0 Å². The van der Waals surface area contributed by atoms with Gasteiger partial charge in [-0.05, 0) is 0 Å². The number of alkyl halides is 1. The molecule has 2 nitrogen and oxygen atoms in total. The predicted octanol–water partition coefficient (Wildman–Crippen LogP) is 2.59. The number of carbonyl (C=O) groups excluding carboxylic acids is 1. The first-order valence-electron chi connectivity index (χ1n) is 4.48. The van der Waals surface area contributed by atoms with Crippen LogP contribution in [0, 0.1) is 0 Å². The fraction of sp³-hybridized carbons (Fsp3) is 0.364. The molecule has 0 N–H and O–H groups in total. The van der Waals surface area contributed by atoms with Crippen LogP contribution >= 0.6 is 0 Å². The number of halogens is 1. The fourth-order valence-corrected chi connectivity index (χ4v) is 1.20. The van der Waals surface area contributed by atoms with Crippen LogP contribution in [-0.4, -0.2) is 18.7 Å². The number of ketones is 1. The molecule has 1 aromatic rings. The van der Waals surface area contributed by atoms with E-state index in [2.05, 4.69) is 4.74 Å². The Morgan fingerprint density at radius 1 is 1.43 bits per heavy atom. The van der Waals surface area contributed by atoms with Gasteiger partial charge in [-0.1, -0.05) is 37.3 Å². The third-order valence-electron chi connectivity index (χ3n) is 2.15. The van der Waals surface area contributed by atoms with E-state index in [0.717, 1.165) is 0 Å². The van der Waals surface area contributed by atoms with Gasteiger partial charge >= 0.3 is 0 Å². The van der Waals surface area contributed by atoms with E-state index in [1.807, 2.05) is 0 Å². The summed E-state index contributed by atoms with van der Waals surface area (Å²) in [6.07, 6.45) is 0.0111. The van der Waals surface area contributed by atoms with Crippen molar-refractivity contribution in [1.29, 1.82) is 0 Å². The molecule has 0 saturated heterocycles. The number of methoxy groups -OCH3 is 1. The van der Waals surface area contributed by atoms with Gasteiger partial charge in [0, 0.05) is 19.1 Å². The molecule has 3 heteroatoms. The average Bonchev–Trinajstić information content (AvgIpc) is 2.28. The summed E-state index contributed by atoms with van der Waals surface area (Å²) < 4.78 is 18.3. The number of hydrogen-bond acceptors (Lipinski definition) is 2. The molecule has 0 aliphatic heterocycles. The molecule has 0 spiro atoms. The molecule has 0 saturated carbocycles. The molecular formula is C11H13FO2. The largest absolute Gasteiger partial charge is 0.343 e. The summed E-state index contributed by atoms with van der Waals surface area (Å²) in [5.41, 5.74) is 0.332. The smallest absolute Gasteiger partial charge is 0.272 e. The summed E-state index contributed by atoms with van der Waals surface area (Å²) >= 11 is 0. The highest BCUT2D eigenvalue weighted by Crippen LogP contribution is 2.22. The molecule has 1 unspecified atom stereocenters. The highest BCUT2D eigenvalue weighted by Gasteiger charge is 2.36. The molecule has 0 aliphatic rings. The molecule has 1 rings (SSSR count). The Kier molecular flexibility index (Phi) is 3.36. The second kappa shape index (κ2) is 4.33. The maximum atomic E-state index is 13.8. The topological polar surface area (TPSA) is 26.3 Å². The zero-order valence-corrected chi connectivity index (χ0v) is 8.29. The van der Waals surface area contributed by atoms with E-state index in [4.69, 9.17) is 0 Å². The van der Waals surface area contributed by atoms with Crippen LogP contribution in [0.1, 0.15) is 23.7 Å². The van der Waals surface area contributed by atoms with Crippen LogP contribution in [0.3, 0.4) is 0 Å². The quantitative estimate of drug-likeness (QED) is 0.692. The highest BCUT2D eigenvalue weighted by molar-refractivity contribution is 6.01. The van der Waals surface area contributed by atoms with Crippen LogP contribution in [0.15, 0.2) is 30.3 Å². The number of Topliss-reactive ketones (excluding diaryl/α,β-unsaturated/α-hetero) is 1. The Balaban J connectivity index is 2.95. The second-order valence-corrected chi connectivity index (χ2v) is 2.98. The first-order chi connectivity index (χ1) is 6.64. The lowest BCUT2D eigenvalue weighted by Crippen LogP contribution is -2.35. The monoisotopic (exact) mass is 196 g/mol. The Labute approximate surface area is 82.7 Å². The van der Waals surface area contributed by atoms with Crippen LogP contribution < -0.4 is 0 Å². The van der Waals surface area contributed by atoms with Crippen molar-refractivity contribution in [2.45, 2.75) is 19.2 Å². The molecule has 0 radical (unpaired) electrons. The maximum absolute atomic E-state index is 13.8. The Hall–Kier alpha value is -1.22. The summed E-state index contributed by atoms with van der Waals surface area (Å²) in [6, 6.07) is 8.31. The molecular weight excluding hydrogens is 183 g/mol. The van der Waals surface area contributed by atoms with Crippen molar-refractivity contribution in [2.75, 3.05) is 7.11 Å². The van der Waals surface area contributed by atoms with Gasteiger partial charge in [0.25, 0.3) is 5.85 Å². The molecule has 0 amide bonds. The van der Waals surface area contributed by atoms with Crippen molar-refractivity contribution >= 4 is 5.78 Å². The zero-order valence-electron chi connectivity index (χ0n) is 8.29. The molecule has 0 heterocycles. The molecule has 0 aromatic heterocycles. The average molecular weight is 196 g/mol. The molecule has 0 bridgehead atoms. The van der Waals surface area contributed by atoms with E-state index in [1.54, 1.807) is 37.3 Å². The van der Waals surface area contributed by atoms with Gasteiger partial charge in [-0.25, -0.2) is 4.39 Å². The highest BCUT2D eigenvalue weighted by atomic mass is 19.2. The Bertz CT molecular complexity index is 304. The summed E-state index contributed by atoms with van der Waals surface area (Å²) in [6.45, 7) is 1.57. The Morgan fingerprint density at radius 2 is 2.00 bits per heavy atom. The van der Waals surface area contributed by atoms with Gasteiger partial charge in [0.1, 0.15) is 0 Å². The van der Waals surface area contributed by atoms with Crippen LogP contribution in [-0.2, 0) is 4.74 Å². The molecule has 0 aliphatic carbocycles. The molecule has 1 atom stereocenters. The zero-order chi connectivity index (χ0) is 10.6. The third kappa shape index (κ3) is 1.99. The lowest BCUT2D eigenvalue weighted by molar-refractivity contribution is -0.0883. The maximum Gasteiger partial charge on any atom is 0.272 e. The van der Waals surface area contributed by atoms with Crippen molar-refractivity contribution in [2.24, 2.45) is 0 Å². The van der Waals surface area contributed by atoms with Crippen LogP contribution in [0.25, 0.3) is 0 Å². The minimum absolute atomic E-state index is 0.0111. The molecule has 0 fully saturated rings. The van der Waals surface area contributed by atoms with Gasteiger partial charge in [-0.15, -0.1) is 0 Å². The minimum atomic E-state index is -2.19. The molecule has 14 heavy (non-hydrogen) atoms. The van der Waals surface area contributed by atoms with E-state index < -0.39 is 11.6 Å². The third-order valence-corrected chi connectivity index (χ3v) is 2.15. The SMILES string of the molecule is CCC(F)(OC)C(=O)c1ccccc1. The van der Waals surface area contributed by atoms with Gasteiger partial charge in [-0.2, -0.15) is 0 Å². The molecule has 76 valence electrons. The van der Waals surface area contributed by atoms with Gasteiger partial charge < -0.3 is 4.74 Å². The van der Waals surface area contributed by atoms with E-state index in [1.165, 1.54) is 7.11 Å². The number of hydrogen-bond donors (Lipinski definition) is 0. The van der Waals surface area contributed by atoms with Crippen molar-refractivity contribution in [3.8, 4) is 0 Å². The van der Waals surface area contributed by atoms with Crippen molar-refractivity contribution in [1.82, 2.24) is 0 Å². The van der Waals surface area contributed by atoms with E-state index in [9.17, 15) is 9.18 Å². The van der Waals surface area contributed by atoms with E-state index in [-0.39, 0.29) is 6.42 Å². The molecule has 1 aromatic carbocycles. The summed E-state index contributed by atoms with van der Waals surface area (Å²) in [4.78, 5) is 11.6. The van der Waals surface area contributed by atoms with Gasteiger partial charge in [0.15, 0.2) is 0 Å². The Morgan fingerprint density at radius 3 is 2.43 bits per heavy atom. The lowest BCUT2D eigenvalue weighted by atomic mass is 10.0. The first kappa shape index (κ1) is 10.9. The summed E-state index contributed by atoms with van der Waals surface area (Å²) in [5, 5.41) is 0. The summed E-state index contributed by atoms with van der Waals surface area (Å²) in [7, 11) is 1.20. The lowest BCUT2D eigenvalue weighted by Gasteiger charge is -2.20. The number of ether oxygens (including phenoxy) is 1. The van der Waals surface area contributed by atoms with E-state index in [0.29, 0.717) is 5.56 Å². The predicted molar refractivity (Wildman–Crippen MR) is 51.9 cm³/mol. The van der Waals surface area contributed by atoms with Gasteiger partial charge in [0.2, 0.25) is 5.78 Å². The van der Waals surface area contributed by atoms with E-state index >= 15 is 0 Å². The van der Waals surface area contributed by atoms with Crippen molar-refractivity contribution < 1.29 is 13.9 Å². The standard InChI is InChI=1S/C11H13FO2/c1-3-11(12,14-2)10(13)9-7-5-4-6-8-9/h4-8H,3H2,1-2H3. The fourth-order valence-electron chi connectivity index (χ4n) is 1.20. The first-order valence-corrected chi connectivity index (χ1v) is 4.48. The normalized spacial score (nSPS) is 14.8. The van der Waals surface area contributed by atoms with Crippen LogP contribution in [0.4, 0.5) is 4.39 Å². The number of rotatable bonds is 4. The number of carbonyl (C=O) groups is 1. The van der Waals surface area contributed by atoms with Gasteiger partial charge in [-0.3, -0.25) is 4.79 Å². The number of benzene rings is 1. The van der Waals surface area contributed by atoms with Crippen LogP contribution in [0.5, 0.6) is 0 Å². The van der Waals surface area contributed by atoms with Gasteiger partial charge in [0.05, 0.1) is 0 Å².